The normalized spacial score (nSPS) is 18.1. The molecule has 1 rings (SSSR count). The first-order valence-electron chi connectivity index (χ1n) is 11.0. The van der Waals surface area contributed by atoms with Crippen LogP contribution in [0.4, 0.5) is 0 Å². The molecule has 0 aromatic carbocycles. The van der Waals surface area contributed by atoms with Gasteiger partial charge in [0.05, 0.1) is 12.1 Å². The van der Waals surface area contributed by atoms with Gasteiger partial charge in [-0.25, -0.2) is 0 Å². The Labute approximate surface area is 190 Å². The van der Waals surface area contributed by atoms with Crippen LogP contribution in [0.5, 0.6) is 0 Å². The summed E-state index contributed by atoms with van der Waals surface area (Å²) < 4.78 is 0. The molecule has 168 valence electrons. The Morgan fingerprint density at radius 3 is 2.07 bits per heavy atom. The summed E-state index contributed by atoms with van der Waals surface area (Å²) in [6.45, 7) is 17.6. The number of likely N-dealkylation sites (N-methyl/N-ethyl adjacent to an activating group) is 1. The standard InChI is InChI=1S/C21H45N5O.HI/c1-7-10-21(27,11-8-2)17-24-20(22-9-3)23-16-19(18(4)5)26-14-12-25(6)13-15-26;/h18-19,27H,7-17H2,1-6H3,(H2,22,23,24);1H. The third kappa shape index (κ3) is 10.1. The van der Waals surface area contributed by atoms with Crippen molar-refractivity contribution >= 4 is 29.9 Å². The number of hydrogen-bond donors (Lipinski definition) is 3. The lowest BCUT2D eigenvalue weighted by Crippen LogP contribution is -2.55. The number of nitrogens with one attached hydrogen (secondary N) is 2. The van der Waals surface area contributed by atoms with Crippen molar-refractivity contribution in [1.82, 2.24) is 20.4 Å². The fourth-order valence-electron chi connectivity index (χ4n) is 3.92. The zero-order chi connectivity index (χ0) is 20.3. The van der Waals surface area contributed by atoms with E-state index in [9.17, 15) is 5.11 Å². The lowest BCUT2D eigenvalue weighted by atomic mass is 9.93. The molecule has 0 radical (unpaired) electrons. The molecule has 0 aromatic rings. The zero-order valence-electron chi connectivity index (χ0n) is 19.1. The quantitative estimate of drug-likeness (QED) is 0.226. The highest BCUT2D eigenvalue weighted by Crippen LogP contribution is 2.20. The number of halogens is 1. The van der Waals surface area contributed by atoms with Crippen LogP contribution in [-0.2, 0) is 0 Å². The van der Waals surface area contributed by atoms with Crippen molar-refractivity contribution in [2.75, 3.05) is 52.9 Å². The second-order valence-corrected chi connectivity index (χ2v) is 8.45. The van der Waals surface area contributed by atoms with Crippen molar-refractivity contribution < 1.29 is 5.11 Å². The molecule has 1 unspecified atom stereocenters. The van der Waals surface area contributed by atoms with Crippen LogP contribution in [0.3, 0.4) is 0 Å². The highest BCUT2D eigenvalue weighted by atomic mass is 127. The molecule has 7 heteroatoms. The fourth-order valence-corrected chi connectivity index (χ4v) is 3.92. The number of rotatable bonds is 11. The van der Waals surface area contributed by atoms with Gasteiger partial charge in [-0.15, -0.1) is 24.0 Å². The molecule has 0 spiro atoms. The number of aliphatic hydroxyl groups is 1. The molecular formula is C21H46IN5O. The smallest absolute Gasteiger partial charge is 0.191 e. The second kappa shape index (κ2) is 14.8. The van der Waals surface area contributed by atoms with Gasteiger partial charge in [-0.2, -0.15) is 0 Å². The van der Waals surface area contributed by atoms with Crippen LogP contribution in [-0.4, -0.2) is 85.4 Å². The molecule has 0 aliphatic carbocycles. The molecule has 0 saturated carbocycles. The highest BCUT2D eigenvalue weighted by Gasteiger charge is 2.26. The Kier molecular flexibility index (Phi) is 14.7. The van der Waals surface area contributed by atoms with Crippen LogP contribution in [0.2, 0.25) is 0 Å². The van der Waals surface area contributed by atoms with Gasteiger partial charge in [0.15, 0.2) is 5.96 Å². The zero-order valence-corrected chi connectivity index (χ0v) is 21.5. The number of piperazine rings is 1. The molecule has 0 amide bonds. The van der Waals surface area contributed by atoms with E-state index in [1.165, 1.54) is 0 Å². The lowest BCUT2D eigenvalue weighted by Gasteiger charge is -2.40. The summed E-state index contributed by atoms with van der Waals surface area (Å²) >= 11 is 0. The van der Waals surface area contributed by atoms with Crippen molar-refractivity contribution in [3.63, 3.8) is 0 Å². The second-order valence-electron chi connectivity index (χ2n) is 8.45. The molecule has 1 fully saturated rings. The van der Waals surface area contributed by atoms with Gasteiger partial charge in [0.25, 0.3) is 0 Å². The molecule has 1 heterocycles. The predicted octanol–water partition coefficient (Wildman–Crippen LogP) is 2.76. The first-order chi connectivity index (χ1) is 12.8. The van der Waals surface area contributed by atoms with E-state index in [1.807, 2.05) is 0 Å². The van der Waals surface area contributed by atoms with Crippen LogP contribution >= 0.6 is 24.0 Å². The molecular weight excluding hydrogens is 465 g/mol. The first-order valence-corrected chi connectivity index (χ1v) is 11.0. The fraction of sp³-hybridized carbons (Fsp3) is 0.952. The summed E-state index contributed by atoms with van der Waals surface area (Å²) in [7, 11) is 2.20. The van der Waals surface area contributed by atoms with Gasteiger partial charge in [0.2, 0.25) is 0 Å². The van der Waals surface area contributed by atoms with Gasteiger partial charge in [-0.1, -0.05) is 40.5 Å². The summed E-state index contributed by atoms with van der Waals surface area (Å²) in [5.74, 6) is 1.41. The Balaban J connectivity index is 0.00000729. The van der Waals surface area contributed by atoms with E-state index < -0.39 is 5.60 Å². The van der Waals surface area contributed by atoms with Crippen molar-refractivity contribution in [2.24, 2.45) is 10.9 Å². The number of guanidine groups is 1. The SMILES string of the molecule is CCCC(O)(CCC)CN=C(NCC)NCC(C(C)C)N1CCN(C)CC1.I. The molecule has 1 atom stereocenters. The van der Waals surface area contributed by atoms with E-state index in [-0.39, 0.29) is 24.0 Å². The minimum absolute atomic E-state index is 0. The van der Waals surface area contributed by atoms with Gasteiger partial charge in [-0.05, 0) is 32.7 Å². The molecule has 3 N–H and O–H groups in total. The first kappa shape index (κ1) is 27.9. The maximum Gasteiger partial charge on any atom is 0.191 e. The summed E-state index contributed by atoms with van der Waals surface area (Å²) in [6, 6.07) is 0.493. The van der Waals surface area contributed by atoms with Gasteiger partial charge >= 0.3 is 0 Å². The van der Waals surface area contributed by atoms with Crippen LogP contribution in [0.15, 0.2) is 4.99 Å². The van der Waals surface area contributed by atoms with E-state index in [2.05, 4.69) is 62.1 Å². The van der Waals surface area contributed by atoms with Crippen molar-refractivity contribution in [1.29, 1.82) is 0 Å². The molecule has 1 saturated heterocycles. The molecule has 1 aliphatic heterocycles. The number of nitrogens with zero attached hydrogens (tertiary/aromatic N) is 3. The molecule has 0 bridgehead atoms. The van der Waals surface area contributed by atoms with Gasteiger partial charge in [0, 0.05) is 45.3 Å². The van der Waals surface area contributed by atoms with Crippen LogP contribution < -0.4 is 10.6 Å². The minimum Gasteiger partial charge on any atom is -0.388 e. The monoisotopic (exact) mass is 511 g/mol. The van der Waals surface area contributed by atoms with Crippen LogP contribution in [0.25, 0.3) is 0 Å². The van der Waals surface area contributed by atoms with Crippen molar-refractivity contribution in [3.8, 4) is 0 Å². The van der Waals surface area contributed by atoms with E-state index in [1.54, 1.807) is 0 Å². The van der Waals surface area contributed by atoms with Crippen molar-refractivity contribution in [3.05, 3.63) is 0 Å². The average molecular weight is 512 g/mol. The Morgan fingerprint density at radius 2 is 1.61 bits per heavy atom. The number of hydrogen-bond acceptors (Lipinski definition) is 4. The van der Waals surface area contributed by atoms with E-state index >= 15 is 0 Å². The molecule has 0 aromatic heterocycles. The third-order valence-corrected chi connectivity index (χ3v) is 5.56. The van der Waals surface area contributed by atoms with E-state index in [4.69, 9.17) is 4.99 Å². The van der Waals surface area contributed by atoms with E-state index in [0.29, 0.717) is 18.5 Å². The number of aliphatic imine (C=N–C) groups is 1. The van der Waals surface area contributed by atoms with Gasteiger partial charge < -0.3 is 20.6 Å². The maximum atomic E-state index is 10.8. The predicted molar refractivity (Wildman–Crippen MR) is 132 cm³/mol. The van der Waals surface area contributed by atoms with E-state index in [0.717, 1.165) is 70.9 Å². The van der Waals surface area contributed by atoms with Crippen LogP contribution in [0.1, 0.15) is 60.3 Å². The largest absolute Gasteiger partial charge is 0.388 e. The van der Waals surface area contributed by atoms with Gasteiger partial charge in [0.1, 0.15) is 0 Å². The Morgan fingerprint density at radius 1 is 1.04 bits per heavy atom. The summed E-state index contributed by atoms with van der Waals surface area (Å²) in [5, 5.41) is 17.7. The molecule has 6 nitrogen and oxygen atoms in total. The maximum absolute atomic E-state index is 10.8. The Hall–Kier alpha value is -0.120. The topological polar surface area (TPSA) is 63.1 Å². The summed E-state index contributed by atoms with van der Waals surface area (Å²) in [6.07, 6.45) is 3.57. The summed E-state index contributed by atoms with van der Waals surface area (Å²) in [5.41, 5.74) is -0.680. The Bertz CT molecular complexity index is 419. The average Bonchev–Trinajstić information content (AvgIpc) is 2.61. The molecule has 28 heavy (non-hydrogen) atoms. The molecule has 1 aliphatic rings. The van der Waals surface area contributed by atoms with Crippen LogP contribution in [0, 0.1) is 5.92 Å². The summed E-state index contributed by atoms with van der Waals surface area (Å²) in [4.78, 5) is 9.73. The van der Waals surface area contributed by atoms with Gasteiger partial charge in [-0.3, -0.25) is 9.89 Å². The lowest BCUT2D eigenvalue weighted by molar-refractivity contribution is 0.0305. The minimum atomic E-state index is -0.680. The highest BCUT2D eigenvalue weighted by molar-refractivity contribution is 14.0. The third-order valence-electron chi connectivity index (χ3n) is 5.56. The van der Waals surface area contributed by atoms with Crippen molar-refractivity contribution in [2.45, 2.75) is 71.9 Å².